The van der Waals surface area contributed by atoms with Crippen molar-refractivity contribution in [2.75, 3.05) is 4.90 Å². The summed E-state index contributed by atoms with van der Waals surface area (Å²) in [5.41, 5.74) is 0.295. The number of ether oxygens (including phenoxy) is 1. The molecule has 2 unspecified atom stereocenters. The van der Waals surface area contributed by atoms with Crippen molar-refractivity contribution < 1.29 is 14.9 Å². The second kappa shape index (κ2) is 5.00. The fourth-order valence-electron chi connectivity index (χ4n) is 3.50. The first-order valence-corrected chi connectivity index (χ1v) is 7.77. The molecule has 0 aromatic heterocycles. The molecule has 1 heterocycles. The van der Waals surface area contributed by atoms with Crippen LogP contribution in [0, 0.1) is 0 Å². The third kappa shape index (κ3) is 1.91. The van der Waals surface area contributed by atoms with Crippen LogP contribution in [0.15, 0.2) is 48.5 Å². The largest absolute Gasteiger partial charge is 0.453 e. The van der Waals surface area contributed by atoms with Gasteiger partial charge in [-0.1, -0.05) is 30.7 Å². The molecule has 0 spiro atoms. The highest BCUT2D eigenvalue weighted by atomic mass is 16.5. The van der Waals surface area contributed by atoms with Gasteiger partial charge in [-0.25, -0.2) is 0 Å². The van der Waals surface area contributed by atoms with E-state index < -0.39 is 11.8 Å². The summed E-state index contributed by atoms with van der Waals surface area (Å²) >= 11 is 0. The Balaban J connectivity index is 1.91. The van der Waals surface area contributed by atoms with Crippen molar-refractivity contribution in [3.05, 3.63) is 48.5 Å². The molecule has 0 radical (unpaired) electrons. The molecule has 2 N–H and O–H groups in total. The summed E-state index contributed by atoms with van der Waals surface area (Å²) in [6.07, 6.45) is 2.21. The molecule has 2 atom stereocenters. The fraction of sp³-hybridized carbons (Fsp3) is 0.333. The van der Waals surface area contributed by atoms with Gasteiger partial charge in [0.05, 0.1) is 11.4 Å². The lowest BCUT2D eigenvalue weighted by molar-refractivity contribution is -0.0948. The van der Waals surface area contributed by atoms with E-state index in [0.717, 1.165) is 24.2 Å². The van der Waals surface area contributed by atoms with Gasteiger partial charge in [0.25, 0.3) is 0 Å². The monoisotopic (exact) mass is 297 g/mol. The van der Waals surface area contributed by atoms with E-state index in [1.165, 1.54) is 0 Å². The van der Waals surface area contributed by atoms with Gasteiger partial charge >= 0.3 is 0 Å². The summed E-state index contributed by atoms with van der Waals surface area (Å²) in [7, 11) is 0. The van der Waals surface area contributed by atoms with E-state index in [-0.39, 0.29) is 0 Å². The minimum absolute atomic E-state index is 0.539. The van der Waals surface area contributed by atoms with E-state index in [4.69, 9.17) is 4.74 Å². The van der Waals surface area contributed by atoms with Gasteiger partial charge in [-0.2, -0.15) is 0 Å². The summed E-state index contributed by atoms with van der Waals surface area (Å²) in [4.78, 5) is 1.85. The maximum absolute atomic E-state index is 11.3. The van der Waals surface area contributed by atoms with Crippen molar-refractivity contribution in [2.45, 2.75) is 37.5 Å². The Kier molecular flexibility index (Phi) is 3.10. The quantitative estimate of drug-likeness (QED) is 0.845. The van der Waals surface area contributed by atoms with E-state index in [9.17, 15) is 10.2 Å². The van der Waals surface area contributed by atoms with Crippen molar-refractivity contribution in [3.63, 3.8) is 0 Å². The number of aliphatic hydroxyl groups is 2. The molecule has 0 saturated heterocycles. The molecule has 22 heavy (non-hydrogen) atoms. The normalized spacial score (nSPS) is 26.8. The molecule has 4 rings (SSSR count). The summed E-state index contributed by atoms with van der Waals surface area (Å²) in [6, 6.07) is 15.3. The van der Waals surface area contributed by atoms with Crippen LogP contribution in [0.3, 0.4) is 0 Å². The highest BCUT2D eigenvalue weighted by Gasteiger charge is 2.46. The van der Waals surface area contributed by atoms with Crippen LogP contribution < -0.4 is 9.64 Å². The number of nitrogens with zero attached hydrogens (tertiary/aromatic N) is 1. The number of para-hydroxylation sites is 4. The van der Waals surface area contributed by atoms with Crippen molar-refractivity contribution in [1.29, 1.82) is 0 Å². The molecule has 1 fully saturated rings. The van der Waals surface area contributed by atoms with Gasteiger partial charge < -0.3 is 19.8 Å². The third-order valence-corrected chi connectivity index (χ3v) is 4.63. The van der Waals surface area contributed by atoms with E-state index in [1.54, 1.807) is 0 Å². The predicted octanol–water partition coefficient (Wildman–Crippen LogP) is 3.55. The zero-order chi connectivity index (χ0) is 15.2. The highest BCUT2D eigenvalue weighted by Crippen LogP contribution is 2.51. The van der Waals surface area contributed by atoms with Crippen LogP contribution in [0.1, 0.15) is 25.7 Å². The van der Waals surface area contributed by atoms with Crippen LogP contribution >= 0.6 is 0 Å². The minimum atomic E-state index is -1.30. The Morgan fingerprint density at radius 2 is 1.55 bits per heavy atom. The summed E-state index contributed by atoms with van der Waals surface area (Å²) in [5.74, 6) is 1.40. The Labute approximate surface area is 129 Å². The maximum atomic E-state index is 11.3. The number of hydrogen-bond donors (Lipinski definition) is 2. The second-order valence-electron chi connectivity index (χ2n) is 6.01. The minimum Gasteiger partial charge on any atom is -0.453 e. The lowest BCUT2D eigenvalue weighted by atomic mass is 9.86. The molecule has 2 aliphatic rings. The lowest BCUT2D eigenvalue weighted by Gasteiger charge is -2.48. The number of fused-ring (bicyclic) bond motifs is 2. The fourth-order valence-corrected chi connectivity index (χ4v) is 3.50. The molecule has 4 nitrogen and oxygen atoms in total. The van der Waals surface area contributed by atoms with Crippen LogP contribution in [0.2, 0.25) is 0 Å². The van der Waals surface area contributed by atoms with E-state index in [1.807, 2.05) is 53.4 Å². The molecule has 2 aromatic rings. The number of benzene rings is 2. The van der Waals surface area contributed by atoms with Crippen LogP contribution in [0.4, 0.5) is 11.4 Å². The lowest BCUT2D eigenvalue weighted by Crippen LogP contribution is -2.57. The Morgan fingerprint density at radius 3 is 2.14 bits per heavy atom. The van der Waals surface area contributed by atoms with Crippen LogP contribution in [-0.2, 0) is 0 Å². The third-order valence-electron chi connectivity index (χ3n) is 4.63. The second-order valence-corrected chi connectivity index (χ2v) is 6.01. The van der Waals surface area contributed by atoms with Crippen LogP contribution in [-0.4, -0.2) is 22.0 Å². The van der Waals surface area contributed by atoms with Gasteiger partial charge in [-0.3, -0.25) is 0 Å². The molecule has 0 amide bonds. The molecular formula is C18H19NO3. The average molecular weight is 297 g/mol. The first-order chi connectivity index (χ1) is 10.7. The van der Waals surface area contributed by atoms with Crippen LogP contribution in [0.5, 0.6) is 11.5 Å². The standard InChI is InChI=1S/C18H19NO3/c20-17-11-5-6-12-18(17,21)19-13-7-1-3-9-15(13)22-16-10-4-2-8-14(16)19/h1-4,7-10,17,20-21H,5-6,11-12H2. The molecule has 1 saturated carbocycles. The molecule has 0 bridgehead atoms. The summed E-state index contributed by atoms with van der Waals surface area (Å²) in [5, 5.41) is 21.8. The van der Waals surface area contributed by atoms with Gasteiger partial charge in [0, 0.05) is 0 Å². The zero-order valence-electron chi connectivity index (χ0n) is 12.3. The highest BCUT2D eigenvalue weighted by molar-refractivity contribution is 5.79. The number of anilines is 2. The zero-order valence-corrected chi connectivity index (χ0v) is 12.3. The molecule has 114 valence electrons. The Hall–Kier alpha value is -2.04. The van der Waals surface area contributed by atoms with Gasteiger partial charge in [0.1, 0.15) is 6.10 Å². The molecule has 1 aliphatic heterocycles. The Morgan fingerprint density at radius 1 is 0.955 bits per heavy atom. The topological polar surface area (TPSA) is 52.9 Å². The van der Waals surface area contributed by atoms with Gasteiger partial charge in [-0.15, -0.1) is 0 Å². The smallest absolute Gasteiger partial charge is 0.168 e. The number of rotatable bonds is 1. The predicted molar refractivity (Wildman–Crippen MR) is 84.5 cm³/mol. The molecular weight excluding hydrogens is 278 g/mol. The SMILES string of the molecule is OC1CCCCC1(O)N1c2ccccc2Oc2ccccc21. The average Bonchev–Trinajstić information content (AvgIpc) is 2.55. The first kappa shape index (κ1) is 13.6. The summed E-state index contributed by atoms with van der Waals surface area (Å²) in [6.45, 7) is 0. The van der Waals surface area contributed by atoms with Crippen molar-refractivity contribution >= 4 is 11.4 Å². The van der Waals surface area contributed by atoms with Crippen molar-refractivity contribution in [1.82, 2.24) is 0 Å². The molecule has 4 heteroatoms. The van der Waals surface area contributed by atoms with Crippen molar-refractivity contribution in [2.24, 2.45) is 0 Å². The summed E-state index contributed by atoms with van der Waals surface area (Å²) < 4.78 is 5.94. The molecule has 2 aromatic carbocycles. The number of hydrogen-bond acceptors (Lipinski definition) is 4. The molecule has 1 aliphatic carbocycles. The Bertz CT molecular complexity index is 657. The van der Waals surface area contributed by atoms with Gasteiger partial charge in [-0.05, 0) is 43.5 Å². The van der Waals surface area contributed by atoms with E-state index >= 15 is 0 Å². The first-order valence-electron chi connectivity index (χ1n) is 7.77. The van der Waals surface area contributed by atoms with Gasteiger partial charge in [0.2, 0.25) is 0 Å². The maximum Gasteiger partial charge on any atom is 0.168 e. The number of aliphatic hydroxyl groups excluding tert-OH is 1. The van der Waals surface area contributed by atoms with Crippen molar-refractivity contribution in [3.8, 4) is 11.5 Å². The van der Waals surface area contributed by atoms with E-state index in [2.05, 4.69) is 0 Å². The van der Waals surface area contributed by atoms with Gasteiger partial charge in [0.15, 0.2) is 17.2 Å². The van der Waals surface area contributed by atoms with Crippen LogP contribution in [0.25, 0.3) is 0 Å². The van der Waals surface area contributed by atoms with E-state index in [0.29, 0.717) is 24.3 Å².